The van der Waals surface area contributed by atoms with Gasteiger partial charge in [0.25, 0.3) is 5.91 Å². The number of hydrazine groups is 1. The van der Waals surface area contributed by atoms with E-state index in [4.69, 9.17) is 0 Å². The molecule has 4 heteroatoms. The van der Waals surface area contributed by atoms with Crippen LogP contribution in [0.4, 0.5) is 11.4 Å². The van der Waals surface area contributed by atoms with Crippen LogP contribution in [0, 0.1) is 0 Å². The van der Waals surface area contributed by atoms with Crippen molar-refractivity contribution < 1.29 is 9.69 Å². The van der Waals surface area contributed by atoms with E-state index in [1.165, 1.54) is 0 Å². The van der Waals surface area contributed by atoms with Crippen LogP contribution in [0.3, 0.4) is 0 Å². The highest BCUT2D eigenvalue weighted by atomic mass is 16.2. The highest BCUT2D eigenvalue weighted by molar-refractivity contribution is 5.81. The maximum atomic E-state index is 12.0. The minimum Gasteiger partial charge on any atom is -0.332 e. The van der Waals surface area contributed by atoms with Crippen LogP contribution in [-0.4, -0.2) is 26.5 Å². The summed E-state index contributed by atoms with van der Waals surface area (Å²) in [6, 6.07) is 19.6. The van der Waals surface area contributed by atoms with Gasteiger partial charge in [0.1, 0.15) is 0 Å². The Bertz CT molecular complexity index is 501. The van der Waals surface area contributed by atoms with Gasteiger partial charge in [-0.05, 0) is 24.3 Å². The van der Waals surface area contributed by atoms with Crippen LogP contribution in [0.25, 0.3) is 0 Å². The summed E-state index contributed by atoms with van der Waals surface area (Å²) in [7, 11) is 3.91. The fraction of sp³-hybridized carbons (Fsp3) is 0.188. The van der Waals surface area contributed by atoms with Gasteiger partial charge in [-0.2, -0.15) is 0 Å². The molecular weight excluding hydrogens is 250 g/mol. The Hall–Kier alpha value is -2.33. The molecule has 0 unspecified atom stereocenters. The molecule has 0 aliphatic carbocycles. The van der Waals surface area contributed by atoms with Crippen LogP contribution in [0.15, 0.2) is 60.7 Å². The molecule has 2 rings (SSSR count). The molecule has 0 atom stereocenters. The Morgan fingerprint density at radius 1 is 0.950 bits per heavy atom. The predicted molar refractivity (Wildman–Crippen MR) is 80.8 cm³/mol. The minimum absolute atomic E-state index is 0.0160. The molecule has 2 N–H and O–H groups in total. The van der Waals surface area contributed by atoms with Gasteiger partial charge in [0.05, 0.1) is 25.5 Å². The molecule has 0 fully saturated rings. The average Bonchev–Trinajstić information content (AvgIpc) is 2.46. The molecular formula is C16H20N3O+. The van der Waals surface area contributed by atoms with Gasteiger partial charge in [0.15, 0.2) is 6.54 Å². The molecule has 0 bridgehead atoms. The standard InChI is InChI=1S/C16H19N3O/c1-18(2)13-16(20)17-19(14-9-5-3-6-10-14)15-11-7-4-8-12-15/h3-12H,13H2,1-2H3,(H,17,20)/p+1. The predicted octanol–water partition coefficient (Wildman–Crippen LogP) is 1.00. The second-order valence-electron chi connectivity index (χ2n) is 4.93. The number of carbonyl (C=O) groups excluding carboxylic acids is 1. The summed E-state index contributed by atoms with van der Waals surface area (Å²) < 4.78 is 0. The van der Waals surface area contributed by atoms with E-state index in [0.29, 0.717) is 6.54 Å². The Morgan fingerprint density at radius 3 is 1.80 bits per heavy atom. The number of para-hydroxylation sites is 2. The van der Waals surface area contributed by atoms with E-state index in [2.05, 4.69) is 5.43 Å². The number of amides is 1. The molecule has 0 aliphatic rings. The first-order valence-corrected chi connectivity index (χ1v) is 6.65. The van der Waals surface area contributed by atoms with Crippen LogP contribution in [0.5, 0.6) is 0 Å². The van der Waals surface area contributed by atoms with Gasteiger partial charge < -0.3 is 4.90 Å². The van der Waals surface area contributed by atoms with Crippen LogP contribution in [0.2, 0.25) is 0 Å². The third-order valence-electron chi connectivity index (χ3n) is 2.78. The van der Waals surface area contributed by atoms with Gasteiger partial charge >= 0.3 is 0 Å². The number of nitrogens with zero attached hydrogens (tertiary/aromatic N) is 1. The lowest BCUT2D eigenvalue weighted by molar-refractivity contribution is -0.849. The van der Waals surface area contributed by atoms with E-state index < -0.39 is 0 Å². The normalized spacial score (nSPS) is 10.3. The molecule has 1 amide bonds. The van der Waals surface area contributed by atoms with Crippen LogP contribution in [0.1, 0.15) is 0 Å². The second kappa shape index (κ2) is 6.73. The van der Waals surface area contributed by atoms with Crippen molar-refractivity contribution in [3.05, 3.63) is 60.7 Å². The number of hydrogen-bond acceptors (Lipinski definition) is 2. The summed E-state index contributed by atoms with van der Waals surface area (Å²) in [5.41, 5.74) is 4.82. The third kappa shape index (κ3) is 3.83. The maximum absolute atomic E-state index is 12.0. The van der Waals surface area contributed by atoms with E-state index >= 15 is 0 Å². The van der Waals surface area contributed by atoms with Gasteiger partial charge in [-0.3, -0.25) is 15.2 Å². The van der Waals surface area contributed by atoms with E-state index in [9.17, 15) is 4.79 Å². The fourth-order valence-corrected chi connectivity index (χ4v) is 1.92. The highest BCUT2D eigenvalue weighted by Gasteiger charge is 2.14. The third-order valence-corrected chi connectivity index (χ3v) is 2.78. The zero-order chi connectivity index (χ0) is 14.4. The first-order valence-electron chi connectivity index (χ1n) is 6.65. The van der Waals surface area contributed by atoms with Gasteiger partial charge in [-0.25, -0.2) is 0 Å². The summed E-state index contributed by atoms with van der Waals surface area (Å²) in [6.07, 6.45) is 0. The lowest BCUT2D eigenvalue weighted by Gasteiger charge is -2.25. The number of benzene rings is 2. The second-order valence-corrected chi connectivity index (χ2v) is 4.93. The van der Waals surface area contributed by atoms with Gasteiger partial charge in [0.2, 0.25) is 0 Å². The zero-order valence-corrected chi connectivity index (χ0v) is 11.8. The molecule has 0 heterocycles. The van der Waals surface area contributed by atoms with Crippen molar-refractivity contribution in [3.63, 3.8) is 0 Å². The first-order chi connectivity index (χ1) is 9.66. The summed E-state index contributed by atoms with van der Waals surface area (Å²) in [6.45, 7) is 0.427. The number of hydrogen-bond donors (Lipinski definition) is 2. The average molecular weight is 270 g/mol. The topological polar surface area (TPSA) is 36.8 Å². The van der Waals surface area contributed by atoms with Crippen LogP contribution < -0.4 is 15.3 Å². The summed E-state index contributed by atoms with van der Waals surface area (Å²) in [5, 5.41) is 1.81. The molecule has 0 saturated carbocycles. The number of rotatable bonds is 5. The number of quaternary nitrogens is 1. The SMILES string of the molecule is C[NH+](C)CC(=O)NN(c1ccccc1)c1ccccc1. The molecule has 0 radical (unpaired) electrons. The Morgan fingerprint density at radius 2 is 1.40 bits per heavy atom. The molecule has 20 heavy (non-hydrogen) atoms. The van der Waals surface area contributed by atoms with E-state index in [0.717, 1.165) is 16.3 Å². The van der Waals surface area contributed by atoms with Gasteiger partial charge in [-0.1, -0.05) is 36.4 Å². The smallest absolute Gasteiger partial charge is 0.293 e. The molecule has 0 saturated heterocycles. The van der Waals surface area contributed by atoms with Gasteiger partial charge in [0, 0.05) is 0 Å². The van der Waals surface area contributed by atoms with E-state index in [1.54, 1.807) is 0 Å². The molecule has 2 aromatic rings. The maximum Gasteiger partial charge on any atom is 0.293 e. The van der Waals surface area contributed by atoms with Crippen molar-refractivity contribution in [2.24, 2.45) is 0 Å². The first kappa shape index (κ1) is 14.1. The lowest BCUT2D eigenvalue weighted by Crippen LogP contribution is -3.07. The van der Waals surface area contributed by atoms with Crippen molar-refractivity contribution in [2.45, 2.75) is 0 Å². The van der Waals surface area contributed by atoms with Crippen molar-refractivity contribution in [2.75, 3.05) is 25.6 Å². The monoisotopic (exact) mass is 270 g/mol. The largest absolute Gasteiger partial charge is 0.332 e. The zero-order valence-electron chi connectivity index (χ0n) is 11.8. The van der Waals surface area contributed by atoms with Gasteiger partial charge in [-0.15, -0.1) is 0 Å². The highest BCUT2D eigenvalue weighted by Crippen LogP contribution is 2.22. The number of carbonyl (C=O) groups is 1. The van der Waals surface area contributed by atoms with Crippen molar-refractivity contribution in [1.82, 2.24) is 5.43 Å². The summed E-state index contributed by atoms with van der Waals surface area (Å²) >= 11 is 0. The molecule has 4 nitrogen and oxygen atoms in total. The van der Waals surface area contributed by atoms with E-state index in [-0.39, 0.29) is 5.91 Å². The number of likely N-dealkylation sites (N-methyl/N-ethyl adjacent to an activating group) is 1. The van der Waals surface area contributed by atoms with Crippen molar-refractivity contribution in [3.8, 4) is 0 Å². The molecule has 0 spiro atoms. The lowest BCUT2D eigenvalue weighted by atomic mass is 10.2. The molecule has 0 aromatic heterocycles. The van der Waals surface area contributed by atoms with Crippen LogP contribution >= 0.6 is 0 Å². The van der Waals surface area contributed by atoms with Crippen LogP contribution in [-0.2, 0) is 4.79 Å². The Labute approximate surface area is 119 Å². The molecule has 2 aromatic carbocycles. The van der Waals surface area contributed by atoms with Crippen molar-refractivity contribution >= 4 is 17.3 Å². The Kier molecular flexibility index (Phi) is 4.74. The summed E-state index contributed by atoms with van der Waals surface area (Å²) in [4.78, 5) is 13.1. The molecule has 104 valence electrons. The minimum atomic E-state index is -0.0160. The molecule has 0 aliphatic heterocycles. The summed E-state index contributed by atoms with van der Waals surface area (Å²) in [5.74, 6) is -0.0160. The fourth-order valence-electron chi connectivity index (χ4n) is 1.92. The quantitative estimate of drug-likeness (QED) is 0.795. The number of nitrogens with one attached hydrogen (secondary N) is 2. The van der Waals surface area contributed by atoms with E-state index in [1.807, 2.05) is 79.8 Å². The number of anilines is 2. The Balaban J connectivity index is 2.24. The van der Waals surface area contributed by atoms with Crippen molar-refractivity contribution in [1.29, 1.82) is 0 Å².